The average Bonchev–Trinajstić information content (AvgIpc) is 2.84. The summed E-state index contributed by atoms with van der Waals surface area (Å²) in [5.74, 6) is 0.440. The summed E-state index contributed by atoms with van der Waals surface area (Å²) < 4.78 is 15.9. The Bertz CT molecular complexity index is 604. The van der Waals surface area contributed by atoms with E-state index in [1.165, 1.54) is 32.7 Å². The first-order chi connectivity index (χ1) is 9.04. The summed E-state index contributed by atoms with van der Waals surface area (Å²) in [6.07, 6.45) is 0. The molecule has 0 spiro atoms. The molecule has 102 valence electrons. The van der Waals surface area contributed by atoms with Crippen molar-refractivity contribution in [1.82, 2.24) is 0 Å². The van der Waals surface area contributed by atoms with Gasteiger partial charge in [-0.25, -0.2) is 4.79 Å². The summed E-state index contributed by atoms with van der Waals surface area (Å²) in [7, 11) is 4.31. The van der Waals surface area contributed by atoms with Crippen molar-refractivity contribution in [3.05, 3.63) is 10.9 Å². The number of anilines is 2. The van der Waals surface area contributed by atoms with Crippen molar-refractivity contribution < 1.29 is 19.0 Å². The van der Waals surface area contributed by atoms with Crippen LogP contribution in [0.25, 0.3) is 10.1 Å². The van der Waals surface area contributed by atoms with Gasteiger partial charge in [-0.3, -0.25) is 0 Å². The number of hydrogen-bond donors (Lipinski definition) is 2. The standard InChI is InChI=1S/C12H14N2O4S/c1-16-9-5-4-6(12(15)18-3)19-11(5)10(17-2)8(14)7(9)13/h4H,13-14H2,1-3H3. The minimum atomic E-state index is -0.428. The summed E-state index contributed by atoms with van der Waals surface area (Å²) in [6, 6.07) is 1.66. The van der Waals surface area contributed by atoms with E-state index < -0.39 is 5.97 Å². The van der Waals surface area contributed by atoms with Gasteiger partial charge >= 0.3 is 5.97 Å². The van der Waals surface area contributed by atoms with Crippen LogP contribution in [0.2, 0.25) is 0 Å². The first-order valence-corrected chi connectivity index (χ1v) is 6.17. The number of carbonyl (C=O) groups excluding carboxylic acids is 1. The molecule has 0 atom stereocenters. The number of hydrogen-bond acceptors (Lipinski definition) is 7. The maximum atomic E-state index is 11.6. The van der Waals surface area contributed by atoms with Crippen LogP contribution in [0.3, 0.4) is 0 Å². The van der Waals surface area contributed by atoms with E-state index in [9.17, 15) is 4.79 Å². The van der Waals surface area contributed by atoms with Crippen molar-refractivity contribution in [2.75, 3.05) is 32.8 Å². The molecule has 0 saturated heterocycles. The zero-order chi connectivity index (χ0) is 14.2. The number of nitrogen functional groups attached to an aromatic ring is 2. The van der Waals surface area contributed by atoms with Gasteiger partial charge in [-0.15, -0.1) is 11.3 Å². The molecule has 2 rings (SSSR count). The van der Waals surface area contributed by atoms with Crippen molar-refractivity contribution in [2.24, 2.45) is 0 Å². The van der Waals surface area contributed by atoms with Crippen LogP contribution >= 0.6 is 11.3 Å². The van der Waals surface area contributed by atoms with Gasteiger partial charge < -0.3 is 25.7 Å². The van der Waals surface area contributed by atoms with Gasteiger partial charge in [0, 0.05) is 5.39 Å². The van der Waals surface area contributed by atoms with E-state index in [0.717, 1.165) is 0 Å². The molecule has 6 nitrogen and oxygen atoms in total. The summed E-state index contributed by atoms with van der Waals surface area (Å²) in [5, 5.41) is 0.677. The number of nitrogens with two attached hydrogens (primary N) is 2. The molecule has 19 heavy (non-hydrogen) atoms. The Morgan fingerprint density at radius 3 is 2.21 bits per heavy atom. The number of ether oxygens (including phenoxy) is 3. The highest BCUT2D eigenvalue weighted by molar-refractivity contribution is 7.21. The average molecular weight is 282 g/mol. The monoisotopic (exact) mass is 282 g/mol. The van der Waals surface area contributed by atoms with Crippen molar-refractivity contribution >= 4 is 38.8 Å². The second-order valence-electron chi connectivity index (χ2n) is 3.74. The Morgan fingerprint density at radius 2 is 1.68 bits per heavy atom. The number of esters is 1. The number of carbonyl (C=O) groups is 1. The molecule has 1 aromatic heterocycles. The summed E-state index contributed by atoms with van der Waals surface area (Å²) in [6.45, 7) is 0. The van der Waals surface area contributed by atoms with Crippen LogP contribution < -0.4 is 20.9 Å². The third-order valence-corrected chi connectivity index (χ3v) is 3.87. The molecule has 0 bridgehead atoms. The molecule has 0 saturated carbocycles. The van der Waals surface area contributed by atoms with Gasteiger partial charge in [0.2, 0.25) is 0 Å². The zero-order valence-electron chi connectivity index (χ0n) is 10.8. The van der Waals surface area contributed by atoms with Crippen LogP contribution in [-0.4, -0.2) is 27.3 Å². The summed E-state index contributed by atoms with van der Waals surface area (Å²) >= 11 is 1.22. The van der Waals surface area contributed by atoms with E-state index in [0.29, 0.717) is 37.8 Å². The van der Waals surface area contributed by atoms with Gasteiger partial charge in [0.1, 0.15) is 16.3 Å². The van der Waals surface area contributed by atoms with Gasteiger partial charge in [0.25, 0.3) is 0 Å². The lowest BCUT2D eigenvalue weighted by molar-refractivity contribution is 0.0606. The Balaban J connectivity index is 2.84. The fourth-order valence-corrected chi connectivity index (χ4v) is 2.98. The van der Waals surface area contributed by atoms with Crippen molar-refractivity contribution in [2.45, 2.75) is 0 Å². The molecule has 0 unspecified atom stereocenters. The minimum Gasteiger partial charge on any atom is -0.494 e. The number of fused-ring (bicyclic) bond motifs is 1. The molecule has 1 heterocycles. The molecule has 0 radical (unpaired) electrons. The highest BCUT2D eigenvalue weighted by atomic mass is 32.1. The molecular weight excluding hydrogens is 268 g/mol. The maximum Gasteiger partial charge on any atom is 0.348 e. The largest absolute Gasteiger partial charge is 0.494 e. The molecular formula is C12H14N2O4S. The number of methoxy groups -OCH3 is 3. The Morgan fingerprint density at radius 1 is 1.11 bits per heavy atom. The Labute approximate surface area is 113 Å². The summed E-state index contributed by atoms with van der Waals surface area (Å²) in [4.78, 5) is 12.0. The molecule has 1 aromatic carbocycles. The fourth-order valence-electron chi connectivity index (χ4n) is 1.86. The van der Waals surface area contributed by atoms with Gasteiger partial charge in [0.15, 0.2) is 11.5 Å². The Hall–Kier alpha value is -2.15. The number of rotatable bonds is 3. The van der Waals surface area contributed by atoms with Gasteiger partial charge in [-0.2, -0.15) is 0 Å². The highest BCUT2D eigenvalue weighted by Crippen LogP contribution is 2.48. The molecule has 0 fully saturated rings. The van der Waals surface area contributed by atoms with Crippen LogP contribution in [0.5, 0.6) is 11.5 Å². The first kappa shape index (κ1) is 13.3. The molecule has 0 aliphatic carbocycles. The van der Waals surface area contributed by atoms with Gasteiger partial charge in [-0.05, 0) is 6.07 Å². The lowest BCUT2D eigenvalue weighted by atomic mass is 10.1. The molecule has 0 amide bonds. The fraction of sp³-hybridized carbons (Fsp3) is 0.250. The van der Waals surface area contributed by atoms with Crippen molar-refractivity contribution in [1.29, 1.82) is 0 Å². The van der Waals surface area contributed by atoms with Crippen molar-refractivity contribution in [3.8, 4) is 11.5 Å². The lowest BCUT2D eigenvalue weighted by Gasteiger charge is -2.12. The SMILES string of the molecule is COC(=O)c1cc2c(OC)c(N)c(N)c(OC)c2s1. The van der Waals surface area contributed by atoms with E-state index in [2.05, 4.69) is 0 Å². The number of thiophene rings is 1. The smallest absolute Gasteiger partial charge is 0.348 e. The topological polar surface area (TPSA) is 96.8 Å². The molecule has 0 aliphatic heterocycles. The quantitative estimate of drug-likeness (QED) is 0.659. The first-order valence-electron chi connectivity index (χ1n) is 5.35. The van der Waals surface area contributed by atoms with Crippen LogP contribution in [0.4, 0.5) is 11.4 Å². The predicted octanol–water partition coefficient (Wildman–Crippen LogP) is 1.87. The normalized spacial score (nSPS) is 10.5. The lowest BCUT2D eigenvalue weighted by Crippen LogP contribution is -2.01. The maximum absolute atomic E-state index is 11.6. The second kappa shape index (κ2) is 4.85. The molecule has 0 aliphatic rings. The Kier molecular flexibility index (Phi) is 3.39. The van der Waals surface area contributed by atoms with Gasteiger partial charge in [-0.1, -0.05) is 0 Å². The van der Waals surface area contributed by atoms with E-state index in [4.69, 9.17) is 25.7 Å². The van der Waals surface area contributed by atoms with Crippen LogP contribution in [0.1, 0.15) is 9.67 Å². The highest BCUT2D eigenvalue weighted by Gasteiger charge is 2.22. The van der Waals surface area contributed by atoms with Gasteiger partial charge in [0.05, 0.1) is 26.0 Å². The van der Waals surface area contributed by atoms with E-state index in [1.807, 2.05) is 0 Å². The van der Waals surface area contributed by atoms with E-state index in [-0.39, 0.29) is 0 Å². The summed E-state index contributed by atoms with van der Waals surface area (Å²) in [5.41, 5.74) is 12.4. The zero-order valence-corrected chi connectivity index (χ0v) is 11.6. The number of benzene rings is 1. The van der Waals surface area contributed by atoms with Crippen LogP contribution in [-0.2, 0) is 4.74 Å². The van der Waals surface area contributed by atoms with Crippen molar-refractivity contribution in [3.63, 3.8) is 0 Å². The minimum absolute atomic E-state index is 0.293. The van der Waals surface area contributed by atoms with Crippen LogP contribution in [0.15, 0.2) is 6.07 Å². The van der Waals surface area contributed by atoms with E-state index >= 15 is 0 Å². The predicted molar refractivity (Wildman–Crippen MR) is 75.1 cm³/mol. The van der Waals surface area contributed by atoms with Crippen LogP contribution in [0, 0.1) is 0 Å². The molecule has 7 heteroatoms. The second-order valence-corrected chi connectivity index (χ2v) is 4.79. The third kappa shape index (κ3) is 1.91. The molecule has 2 aromatic rings. The third-order valence-electron chi connectivity index (χ3n) is 2.76. The molecule has 4 N–H and O–H groups in total. The van der Waals surface area contributed by atoms with E-state index in [1.54, 1.807) is 6.07 Å².